The Kier molecular flexibility index (Phi) is 4.05. The normalized spacial score (nSPS) is 11.2. The molecule has 0 aromatic heterocycles. The van der Waals surface area contributed by atoms with Crippen LogP contribution in [0.3, 0.4) is 0 Å². The molecule has 0 unspecified atom stereocenters. The molecule has 0 aliphatic rings. The Hall–Kier alpha value is -0.930. The van der Waals surface area contributed by atoms with Crippen LogP contribution < -0.4 is 4.74 Å². The summed E-state index contributed by atoms with van der Waals surface area (Å²) in [6, 6.07) is 4.82. The SMILES string of the molecule is CC(C)(CC(=O)O)Oc1ccc(Cl)c(Cl)c1. The highest BCUT2D eigenvalue weighted by Crippen LogP contribution is 2.29. The number of hydrogen-bond donors (Lipinski definition) is 1. The van der Waals surface area contributed by atoms with E-state index in [1.807, 2.05) is 0 Å². The molecule has 0 heterocycles. The molecule has 0 aliphatic carbocycles. The fourth-order valence-electron chi connectivity index (χ4n) is 1.26. The number of halogens is 2. The van der Waals surface area contributed by atoms with Gasteiger partial charge in [-0.1, -0.05) is 23.2 Å². The van der Waals surface area contributed by atoms with E-state index >= 15 is 0 Å². The van der Waals surface area contributed by atoms with E-state index in [0.717, 1.165) is 0 Å². The van der Waals surface area contributed by atoms with Crippen molar-refractivity contribution in [2.45, 2.75) is 25.9 Å². The lowest BCUT2D eigenvalue weighted by Crippen LogP contribution is -2.31. The fourth-order valence-corrected chi connectivity index (χ4v) is 1.55. The maximum atomic E-state index is 10.6. The average Bonchev–Trinajstić information content (AvgIpc) is 2.08. The van der Waals surface area contributed by atoms with Gasteiger partial charge in [0, 0.05) is 6.07 Å². The Morgan fingerprint density at radius 1 is 1.38 bits per heavy atom. The highest BCUT2D eigenvalue weighted by molar-refractivity contribution is 6.42. The number of carbonyl (C=O) groups is 1. The van der Waals surface area contributed by atoms with Gasteiger partial charge in [-0.05, 0) is 26.0 Å². The minimum atomic E-state index is -0.912. The molecule has 88 valence electrons. The number of rotatable bonds is 4. The number of aliphatic carboxylic acids is 1. The summed E-state index contributed by atoms with van der Waals surface area (Å²) in [5, 5.41) is 9.51. The van der Waals surface area contributed by atoms with Gasteiger partial charge in [0.25, 0.3) is 0 Å². The molecule has 0 amide bonds. The molecule has 0 radical (unpaired) electrons. The van der Waals surface area contributed by atoms with Crippen LogP contribution in [0.2, 0.25) is 10.0 Å². The van der Waals surface area contributed by atoms with E-state index in [2.05, 4.69) is 0 Å². The van der Waals surface area contributed by atoms with Crippen LogP contribution in [0.4, 0.5) is 0 Å². The number of carboxylic acids is 1. The van der Waals surface area contributed by atoms with Gasteiger partial charge in [-0.15, -0.1) is 0 Å². The molecular formula is C11H12Cl2O3. The molecular weight excluding hydrogens is 251 g/mol. The molecule has 0 aliphatic heterocycles. The summed E-state index contributed by atoms with van der Waals surface area (Å²) in [5.41, 5.74) is -0.789. The summed E-state index contributed by atoms with van der Waals surface area (Å²) < 4.78 is 5.52. The van der Waals surface area contributed by atoms with Gasteiger partial charge in [-0.2, -0.15) is 0 Å². The maximum absolute atomic E-state index is 10.6. The zero-order valence-electron chi connectivity index (χ0n) is 8.96. The van der Waals surface area contributed by atoms with E-state index in [1.165, 1.54) is 0 Å². The lowest BCUT2D eigenvalue weighted by atomic mass is 10.1. The van der Waals surface area contributed by atoms with Crippen LogP contribution >= 0.6 is 23.2 Å². The maximum Gasteiger partial charge on any atom is 0.307 e. The predicted molar refractivity (Wildman–Crippen MR) is 63.4 cm³/mol. The molecule has 16 heavy (non-hydrogen) atoms. The van der Waals surface area contributed by atoms with Crippen LogP contribution in [-0.4, -0.2) is 16.7 Å². The van der Waals surface area contributed by atoms with Crippen LogP contribution in [0.15, 0.2) is 18.2 Å². The predicted octanol–water partition coefficient (Wildman–Crippen LogP) is 3.63. The van der Waals surface area contributed by atoms with Crippen molar-refractivity contribution >= 4 is 29.2 Å². The van der Waals surface area contributed by atoms with E-state index in [0.29, 0.717) is 15.8 Å². The second-order valence-electron chi connectivity index (χ2n) is 4.01. The van der Waals surface area contributed by atoms with Gasteiger partial charge in [0.2, 0.25) is 0 Å². The van der Waals surface area contributed by atoms with Crippen molar-refractivity contribution in [3.63, 3.8) is 0 Å². The molecule has 5 heteroatoms. The topological polar surface area (TPSA) is 46.5 Å². The molecule has 1 N–H and O–H groups in total. The highest BCUT2D eigenvalue weighted by Gasteiger charge is 2.23. The zero-order valence-corrected chi connectivity index (χ0v) is 10.5. The molecule has 3 nitrogen and oxygen atoms in total. The van der Waals surface area contributed by atoms with Crippen molar-refractivity contribution in [1.29, 1.82) is 0 Å². The van der Waals surface area contributed by atoms with Gasteiger partial charge in [0.15, 0.2) is 0 Å². The number of hydrogen-bond acceptors (Lipinski definition) is 2. The molecule has 0 atom stereocenters. The highest BCUT2D eigenvalue weighted by atomic mass is 35.5. The Bertz CT molecular complexity index is 402. The van der Waals surface area contributed by atoms with Crippen molar-refractivity contribution in [3.8, 4) is 5.75 Å². The van der Waals surface area contributed by atoms with Gasteiger partial charge in [0.05, 0.1) is 16.5 Å². The lowest BCUT2D eigenvalue weighted by molar-refractivity contribution is -0.140. The average molecular weight is 263 g/mol. The third-order valence-electron chi connectivity index (χ3n) is 1.86. The van der Waals surface area contributed by atoms with Gasteiger partial charge in [-0.25, -0.2) is 0 Å². The number of carboxylic acid groups (broad SMARTS) is 1. The van der Waals surface area contributed by atoms with E-state index in [-0.39, 0.29) is 6.42 Å². The summed E-state index contributed by atoms with van der Waals surface area (Å²) >= 11 is 11.6. The smallest absolute Gasteiger partial charge is 0.307 e. The minimum Gasteiger partial charge on any atom is -0.487 e. The van der Waals surface area contributed by atoms with Crippen LogP contribution in [0, 0.1) is 0 Å². The Balaban J connectivity index is 2.79. The summed E-state index contributed by atoms with van der Waals surface area (Å²) in [6.45, 7) is 3.40. The first-order valence-corrected chi connectivity index (χ1v) is 5.42. The van der Waals surface area contributed by atoms with Crippen molar-refractivity contribution in [2.75, 3.05) is 0 Å². The molecule has 1 aromatic carbocycles. The van der Waals surface area contributed by atoms with E-state index in [4.69, 9.17) is 33.0 Å². The van der Waals surface area contributed by atoms with Crippen molar-refractivity contribution < 1.29 is 14.6 Å². The summed E-state index contributed by atoms with van der Waals surface area (Å²) in [7, 11) is 0. The van der Waals surface area contributed by atoms with Crippen LogP contribution in [0.25, 0.3) is 0 Å². The van der Waals surface area contributed by atoms with Crippen molar-refractivity contribution in [3.05, 3.63) is 28.2 Å². The van der Waals surface area contributed by atoms with Crippen LogP contribution in [0.1, 0.15) is 20.3 Å². The van der Waals surface area contributed by atoms with E-state index < -0.39 is 11.6 Å². The second kappa shape index (κ2) is 4.93. The first-order chi connectivity index (χ1) is 7.30. The van der Waals surface area contributed by atoms with E-state index in [1.54, 1.807) is 32.0 Å². The van der Waals surface area contributed by atoms with Gasteiger partial charge >= 0.3 is 5.97 Å². The fraction of sp³-hybridized carbons (Fsp3) is 0.364. The van der Waals surface area contributed by atoms with Gasteiger partial charge in [-0.3, -0.25) is 4.79 Å². The molecule has 0 spiro atoms. The van der Waals surface area contributed by atoms with Crippen LogP contribution in [0.5, 0.6) is 5.75 Å². The largest absolute Gasteiger partial charge is 0.487 e. The molecule has 0 saturated heterocycles. The second-order valence-corrected chi connectivity index (χ2v) is 4.82. The monoisotopic (exact) mass is 262 g/mol. The Labute approximate surface area is 104 Å². The summed E-state index contributed by atoms with van der Waals surface area (Å²) in [4.78, 5) is 10.6. The van der Waals surface area contributed by atoms with Crippen LogP contribution in [-0.2, 0) is 4.79 Å². The third kappa shape index (κ3) is 3.91. The van der Waals surface area contributed by atoms with Crippen molar-refractivity contribution in [2.24, 2.45) is 0 Å². The minimum absolute atomic E-state index is 0.0900. The zero-order chi connectivity index (χ0) is 12.3. The molecule has 0 fully saturated rings. The summed E-state index contributed by atoms with van der Waals surface area (Å²) in [5.74, 6) is -0.411. The first-order valence-electron chi connectivity index (χ1n) is 4.66. The number of ether oxygens (including phenoxy) is 1. The lowest BCUT2D eigenvalue weighted by Gasteiger charge is -2.24. The van der Waals surface area contributed by atoms with Gasteiger partial charge in [0.1, 0.15) is 11.4 Å². The Morgan fingerprint density at radius 2 is 2.00 bits per heavy atom. The van der Waals surface area contributed by atoms with Gasteiger partial charge < -0.3 is 9.84 Å². The number of benzene rings is 1. The molecule has 0 bridgehead atoms. The summed E-state index contributed by atoms with van der Waals surface area (Å²) in [6.07, 6.45) is -0.0900. The first kappa shape index (κ1) is 13.1. The van der Waals surface area contributed by atoms with E-state index in [9.17, 15) is 4.79 Å². The Morgan fingerprint density at radius 3 is 2.50 bits per heavy atom. The standard InChI is InChI=1S/C11H12Cl2O3/c1-11(2,6-10(14)15)16-7-3-4-8(12)9(13)5-7/h3-5H,6H2,1-2H3,(H,14,15). The molecule has 1 rings (SSSR count). The quantitative estimate of drug-likeness (QED) is 0.902. The molecule has 1 aromatic rings. The van der Waals surface area contributed by atoms with Crippen molar-refractivity contribution in [1.82, 2.24) is 0 Å². The third-order valence-corrected chi connectivity index (χ3v) is 2.60. The molecule has 0 saturated carbocycles.